The molecular formula is C16H22N4O5. The molecule has 9 heteroatoms. The van der Waals surface area contributed by atoms with E-state index in [4.69, 9.17) is 15.3 Å². The molecule has 1 heterocycles. The second kappa shape index (κ2) is 8.97. The van der Waals surface area contributed by atoms with E-state index in [2.05, 4.69) is 10.3 Å². The summed E-state index contributed by atoms with van der Waals surface area (Å²) in [5.74, 6) is 3.67. The van der Waals surface area contributed by atoms with Gasteiger partial charge in [-0.1, -0.05) is 0 Å². The number of carbonyl (C=O) groups is 3. The first-order chi connectivity index (χ1) is 12.0. The first-order valence-corrected chi connectivity index (χ1v) is 8.03. The predicted molar refractivity (Wildman–Crippen MR) is 88.2 cm³/mol. The number of hydrogen-bond donors (Lipinski definition) is 3. The standard InChI is InChI=1S/C16H22N4O5/c1-24-14(21)8-10-2-5-12(6-3-10)25-13-7-4-11(9-18-13)19-15(22)16(23)20-17/h4,7,9-10,12H,2-3,5-6,8,17H2,1H3,(H,19,22)(H,20,23)/t10-,12-. The van der Waals surface area contributed by atoms with Crippen molar-refractivity contribution in [3.63, 3.8) is 0 Å². The number of nitrogens with zero attached hydrogens (tertiary/aromatic N) is 1. The molecule has 0 atom stereocenters. The maximum Gasteiger partial charge on any atom is 0.323 e. The van der Waals surface area contributed by atoms with Crippen LogP contribution in [0.4, 0.5) is 5.69 Å². The van der Waals surface area contributed by atoms with Gasteiger partial charge in [-0.2, -0.15) is 0 Å². The van der Waals surface area contributed by atoms with Gasteiger partial charge in [-0.05, 0) is 37.7 Å². The van der Waals surface area contributed by atoms with E-state index in [0.717, 1.165) is 25.7 Å². The van der Waals surface area contributed by atoms with Crippen molar-refractivity contribution < 1.29 is 23.9 Å². The molecule has 0 radical (unpaired) electrons. The number of carbonyl (C=O) groups excluding carboxylic acids is 3. The lowest BCUT2D eigenvalue weighted by Gasteiger charge is -2.28. The third-order valence-corrected chi connectivity index (χ3v) is 4.10. The SMILES string of the molecule is COC(=O)C[C@H]1CC[C@H](Oc2ccc(NC(=O)C(=O)NN)cn2)CC1. The van der Waals surface area contributed by atoms with Crippen LogP contribution in [0.15, 0.2) is 18.3 Å². The van der Waals surface area contributed by atoms with Crippen molar-refractivity contribution in [1.29, 1.82) is 0 Å². The Morgan fingerprint density at radius 1 is 1.20 bits per heavy atom. The van der Waals surface area contributed by atoms with Crippen LogP contribution in [0.5, 0.6) is 5.88 Å². The molecule has 0 bridgehead atoms. The summed E-state index contributed by atoms with van der Waals surface area (Å²) in [5, 5.41) is 2.36. The highest BCUT2D eigenvalue weighted by molar-refractivity contribution is 6.39. The molecule has 1 aromatic rings. The predicted octanol–water partition coefficient (Wildman–Crippen LogP) is 0.511. The van der Waals surface area contributed by atoms with Crippen molar-refractivity contribution in [2.24, 2.45) is 11.8 Å². The Labute approximate surface area is 145 Å². The van der Waals surface area contributed by atoms with Gasteiger partial charge < -0.3 is 14.8 Å². The van der Waals surface area contributed by atoms with Gasteiger partial charge in [0.15, 0.2) is 0 Å². The Bertz CT molecular complexity index is 611. The van der Waals surface area contributed by atoms with Crippen LogP contribution < -0.4 is 21.3 Å². The minimum absolute atomic E-state index is 0.0462. The van der Waals surface area contributed by atoms with Crippen molar-refractivity contribution in [2.75, 3.05) is 12.4 Å². The van der Waals surface area contributed by atoms with Gasteiger partial charge in [0, 0.05) is 12.5 Å². The Morgan fingerprint density at radius 2 is 1.92 bits per heavy atom. The number of rotatable bonds is 5. The van der Waals surface area contributed by atoms with Crippen LogP contribution in [0.3, 0.4) is 0 Å². The zero-order valence-electron chi connectivity index (χ0n) is 14.0. The van der Waals surface area contributed by atoms with Gasteiger partial charge in [-0.15, -0.1) is 0 Å². The molecule has 1 aliphatic rings. The Kier molecular flexibility index (Phi) is 6.70. The van der Waals surface area contributed by atoms with E-state index in [1.165, 1.54) is 13.3 Å². The first kappa shape index (κ1) is 18.7. The number of hydrogen-bond acceptors (Lipinski definition) is 7. The first-order valence-electron chi connectivity index (χ1n) is 8.03. The van der Waals surface area contributed by atoms with Crippen molar-refractivity contribution in [1.82, 2.24) is 10.4 Å². The molecule has 1 aromatic heterocycles. The minimum atomic E-state index is -0.941. The van der Waals surface area contributed by atoms with Gasteiger partial charge in [-0.25, -0.2) is 10.8 Å². The van der Waals surface area contributed by atoms with Gasteiger partial charge in [0.1, 0.15) is 6.10 Å². The molecule has 0 unspecified atom stereocenters. The summed E-state index contributed by atoms with van der Waals surface area (Å²) in [5.41, 5.74) is 2.11. The zero-order valence-corrected chi connectivity index (χ0v) is 14.0. The van der Waals surface area contributed by atoms with Gasteiger partial charge in [-0.3, -0.25) is 19.8 Å². The molecule has 2 amide bonds. The molecule has 0 aliphatic heterocycles. The summed E-state index contributed by atoms with van der Waals surface area (Å²) in [7, 11) is 1.40. The second-order valence-corrected chi connectivity index (χ2v) is 5.85. The molecule has 0 aromatic carbocycles. The number of esters is 1. The molecular weight excluding hydrogens is 328 g/mol. The number of pyridine rings is 1. The smallest absolute Gasteiger partial charge is 0.323 e. The molecule has 0 saturated heterocycles. The fourth-order valence-corrected chi connectivity index (χ4v) is 2.72. The third-order valence-electron chi connectivity index (χ3n) is 4.10. The zero-order chi connectivity index (χ0) is 18.2. The van der Waals surface area contributed by atoms with E-state index < -0.39 is 11.8 Å². The highest BCUT2D eigenvalue weighted by Gasteiger charge is 2.24. The minimum Gasteiger partial charge on any atom is -0.474 e. The number of hydrazine groups is 1. The molecule has 4 N–H and O–H groups in total. The van der Waals surface area contributed by atoms with Crippen molar-refractivity contribution in [3.8, 4) is 5.88 Å². The summed E-state index contributed by atoms with van der Waals surface area (Å²) < 4.78 is 10.5. The number of ether oxygens (including phenoxy) is 2. The number of methoxy groups -OCH3 is 1. The monoisotopic (exact) mass is 350 g/mol. The van der Waals surface area contributed by atoms with E-state index in [-0.39, 0.29) is 12.1 Å². The number of nitrogens with two attached hydrogens (primary N) is 1. The summed E-state index contributed by atoms with van der Waals surface area (Å²) in [6.45, 7) is 0. The molecule has 1 aliphatic carbocycles. The summed E-state index contributed by atoms with van der Waals surface area (Å²) >= 11 is 0. The van der Waals surface area contributed by atoms with Gasteiger partial charge >= 0.3 is 17.8 Å². The van der Waals surface area contributed by atoms with E-state index in [1.54, 1.807) is 17.6 Å². The van der Waals surface area contributed by atoms with Crippen LogP contribution in [0.2, 0.25) is 0 Å². The molecule has 0 spiro atoms. The number of nitrogens with one attached hydrogen (secondary N) is 2. The lowest BCUT2D eigenvalue weighted by molar-refractivity contribution is -0.142. The average Bonchev–Trinajstić information content (AvgIpc) is 2.64. The van der Waals surface area contributed by atoms with Crippen LogP contribution in [0, 0.1) is 5.92 Å². The topological polar surface area (TPSA) is 133 Å². The number of anilines is 1. The van der Waals surface area contributed by atoms with Crippen LogP contribution in [0.1, 0.15) is 32.1 Å². The Morgan fingerprint density at radius 3 is 2.48 bits per heavy atom. The van der Waals surface area contributed by atoms with E-state index in [9.17, 15) is 14.4 Å². The molecule has 2 rings (SSSR count). The van der Waals surface area contributed by atoms with Crippen LogP contribution in [-0.2, 0) is 19.1 Å². The van der Waals surface area contributed by atoms with Gasteiger partial charge in [0.2, 0.25) is 5.88 Å². The van der Waals surface area contributed by atoms with Crippen LogP contribution >= 0.6 is 0 Å². The second-order valence-electron chi connectivity index (χ2n) is 5.85. The van der Waals surface area contributed by atoms with Gasteiger partial charge in [0.05, 0.1) is 19.0 Å². The fourth-order valence-electron chi connectivity index (χ4n) is 2.72. The van der Waals surface area contributed by atoms with Gasteiger partial charge in [0.25, 0.3) is 0 Å². The highest BCUT2D eigenvalue weighted by Crippen LogP contribution is 2.29. The highest BCUT2D eigenvalue weighted by atomic mass is 16.5. The summed E-state index contributed by atoms with van der Waals surface area (Å²) in [4.78, 5) is 37.8. The maximum absolute atomic E-state index is 11.4. The summed E-state index contributed by atoms with van der Waals surface area (Å²) in [6, 6.07) is 3.21. The van der Waals surface area contributed by atoms with Crippen molar-refractivity contribution in [3.05, 3.63) is 18.3 Å². The van der Waals surface area contributed by atoms with E-state index in [0.29, 0.717) is 23.9 Å². The average molecular weight is 350 g/mol. The normalized spacial score (nSPS) is 19.6. The lowest BCUT2D eigenvalue weighted by Crippen LogP contribution is -2.39. The van der Waals surface area contributed by atoms with E-state index >= 15 is 0 Å². The Balaban J connectivity index is 1.79. The number of aromatic nitrogens is 1. The molecule has 9 nitrogen and oxygen atoms in total. The quantitative estimate of drug-likeness (QED) is 0.232. The molecule has 25 heavy (non-hydrogen) atoms. The van der Waals surface area contributed by atoms with Crippen molar-refractivity contribution >= 4 is 23.5 Å². The molecule has 1 fully saturated rings. The summed E-state index contributed by atoms with van der Waals surface area (Å²) in [6.07, 6.45) is 5.40. The lowest BCUT2D eigenvalue weighted by atomic mass is 9.85. The third kappa shape index (κ3) is 5.71. The maximum atomic E-state index is 11.4. The Hall–Kier alpha value is -2.68. The van der Waals surface area contributed by atoms with Crippen LogP contribution in [-0.4, -0.2) is 36.0 Å². The molecule has 1 saturated carbocycles. The van der Waals surface area contributed by atoms with Crippen LogP contribution in [0.25, 0.3) is 0 Å². The number of amides is 2. The largest absolute Gasteiger partial charge is 0.474 e. The molecule has 136 valence electrons. The van der Waals surface area contributed by atoms with E-state index in [1.807, 2.05) is 0 Å². The van der Waals surface area contributed by atoms with Crippen molar-refractivity contribution in [2.45, 2.75) is 38.2 Å². The fraction of sp³-hybridized carbons (Fsp3) is 0.500.